The highest BCUT2D eigenvalue weighted by Gasteiger charge is 2.36. The maximum atomic E-state index is 13.1. The SMILES string of the molecule is O=C(NCCC1=CCCCC1)C(Cc1ccccc1)N1Cc2ccccc2C1=O. The van der Waals surface area contributed by atoms with E-state index in [1.54, 1.807) is 4.90 Å². The zero-order valence-corrected chi connectivity index (χ0v) is 16.8. The Bertz CT molecular complexity index is 904. The van der Waals surface area contributed by atoms with Crippen LogP contribution in [-0.4, -0.2) is 29.3 Å². The number of nitrogens with one attached hydrogen (secondary N) is 1. The van der Waals surface area contributed by atoms with Crippen LogP contribution in [0, 0.1) is 0 Å². The summed E-state index contributed by atoms with van der Waals surface area (Å²) in [4.78, 5) is 27.9. The molecule has 1 atom stereocenters. The fraction of sp³-hybridized carbons (Fsp3) is 0.360. The average molecular weight is 389 g/mol. The number of fused-ring (bicyclic) bond motifs is 1. The van der Waals surface area contributed by atoms with E-state index in [9.17, 15) is 9.59 Å². The smallest absolute Gasteiger partial charge is 0.255 e. The van der Waals surface area contributed by atoms with Gasteiger partial charge in [-0.3, -0.25) is 9.59 Å². The fourth-order valence-electron chi connectivity index (χ4n) is 4.31. The van der Waals surface area contributed by atoms with Crippen molar-refractivity contribution in [2.75, 3.05) is 6.54 Å². The number of carbonyl (C=O) groups is 2. The lowest BCUT2D eigenvalue weighted by Gasteiger charge is -2.27. The average Bonchev–Trinajstić information content (AvgIpc) is 3.10. The van der Waals surface area contributed by atoms with Crippen LogP contribution in [-0.2, 0) is 17.8 Å². The molecule has 0 fully saturated rings. The van der Waals surface area contributed by atoms with E-state index in [0.29, 0.717) is 25.1 Å². The number of allylic oxidation sites excluding steroid dienone is 1. The highest BCUT2D eigenvalue weighted by atomic mass is 16.2. The molecule has 1 heterocycles. The van der Waals surface area contributed by atoms with Crippen molar-refractivity contribution in [1.82, 2.24) is 10.2 Å². The van der Waals surface area contributed by atoms with E-state index in [1.807, 2.05) is 54.6 Å². The van der Waals surface area contributed by atoms with Gasteiger partial charge in [0.05, 0.1) is 0 Å². The molecule has 1 unspecified atom stereocenters. The minimum Gasteiger partial charge on any atom is -0.354 e. The second kappa shape index (κ2) is 9.08. The van der Waals surface area contributed by atoms with Crippen LogP contribution in [0.1, 0.15) is 53.6 Å². The molecule has 4 nitrogen and oxygen atoms in total. The molecule has 1 aliphatic heterocycles. The molecule has 4 rings (SSSR count). The molecule has 2 aliphatic rings. The van der Waals surface area contributed by atoms with Crippen molar-refractivity contribution in [3.05, 3.63) is 82.9 Å². The highest BCUT2D eigenvalue weighted by Crippen LogP contribution is 2.26. The van der Waals surface area contributed by atoms with E-state index >= 15 is 0 Å². The first kappa shape index (κ1) is 19.4. The maximum Gasteiger partial charge on any atom is 0.255 e. The zero-order valence-electron chi connectivity index (χ0n) is 16.8. The Morgan fingerprint density at radius 3 is 2.59 bits per heavy atom. The second-order valence-electron chi connectivity index (χ2n) is 7.94. The van der Waals surface area contributed by atoms with Gasteiger partial charge in [0.25, 0.3) is 5.91 Å². The van der Waals surface area contributed by atoms with Gasteiger partial charge in [0.15, 0.2) is 0 Å². The standard InChI is InChI=1S/C25H28N2O2/c28-24(26-16-15-19-9-3-1-4-10-19)23(17-20-11-5-2-6-12-20)27-18-21-13-7-8-14-22(21)25(27)29/h2,5-9,11-14,23H,1,3-4,10,15-18H2,(H,26,28). The molecule has 1 N–H and O–H groups in total. The van der Waals surface area contributed by atoms with Gasteiger partial charge >= 0.3 is 0 Å². The molecular formula is C25H28N2O2. The number of amides is 2. The Balaban J connectivity index is 1.47. The number of carbonyl (C=O) groups excluding carboxylic acids is 2. The molecule has 4 heteroatoms. The Hall–Kier alpha value is -2.88. The number of nitrogens with zero attached hydrogens (tertiary/aromatic N) is 1. The fourth-order valence-corrected chi connectivity index (χ4v) is 4.31. The Morgan fingerprint density at radius 2 is 1.83 bits per heavy atom. The summed E-state index contributed by atoms with van der Waals surface area (Å²) in [5, 5.41) is 3.10. The summed E-state index contributed by atoms with van der Waals surface area (Å²) >= 11 is 0. The number of rotatable bonds is 7. The van der Waals surface area contributed by atoms with E-state index < -0.39 is 6.04 Å². The minimum atomic E-state index is -0.502. The van der Waals surface area contributed by atoms with Gasteiger partial charge in [-0.2, -0.15) is 0 Å². The zero-order chi connectivity index (χ0) is 20.1. The van der Waals surface area contributed by atoms with E-state index in [1.165, 1.54) is 18.4 Å². The van der Waals surface area contributed by atoms with Crippen molar-refractivity contribution < 1.29 is 9.59 Å². The Labute approximate surface area is 172 Å². The first-order chi connectivity index (χ1) is 14.2. The van der Waals surface area contributed by atoms with Crippen LogP contribution in [0.3, 0.4) is 0 Å². The first-order valence-corrected chi connectivity index (χ1v) is 10.6. The molecule has 29 heavy (non-hydrogen) atoms. The molecule has 0 spiro atoms. The quantitative estimate of drug-likeness (QED) is 0.721. The molecule has 1 aliphatic carbocycles. The third-order valence-electron chi connectivity index (χ3n) is 5.93. The molecule has 0 radical (unpaired) electrons. The van der Waals surface area contributed by atoms with Crippen LogP contribution in [0.4, 0.5) is 0 Å². The van der Waals surface area contributed by atoms with E-state index in [0.717, 1.165) is 30.4 Å². The maximum absolute atomic E-state index is 13.1. The van der Waals surface area contributed by atoms with Crippen LogP contribution in [0.5, 0.6) is 0 Å². The third kappa shape index (κ3) is 4.58. The molecular weight excluding hydrogens is 360 g/mol. The van der Waals surface area contributed by atoms with E-state index in [2.05, 4.69) is 11.4 Å². The Kier molecular flexibility index (Phi) is 6.09. The van der Waals surface area contributed by atoms with Crippen LogP contribution < -0.4 is 5.32 Å². The summed E-state index contributed by atoms with van der Waals surface area (Å²) in [5.41, 5.74) is 4.22. The predicted octanol–water partition coefficient (Wildman–Crippen LogP) is 4.26. The van der Waals surface area contributed by atoms with Crippen molar-refractivity contribution in [3.8, 4) is 0 Å². The second-order valence-corrected chi connectivity index (χ2v) is 7.94. The molecule has 0 saturated heterocycles. The van der Waals surface area contributed by atoms with Crippen molar-refractivity contribution in [3.63, 3.8) is 0 Å². The molecule has 0 saturated carbocycles. The lowest BCUT2D eigenvalue weighted by Crippen LogP contribution is -2.48. The topological polar surface area (TPSA) is 49.4 Å². The largest absolute Gasteiger partial charge is 0.354 e. The lowest BCUT2D eigenvalue weighted by atomic mass is 9.97. The van der Waals surface area contributed by atoms with Gasteiger partial charge in [0, 0.05) is 25.1 Å². The normalized spacial score (nSPS) is 16.9. The predicted molar refractivity (Wildman–Crippen MR) is 114 cm³/mol. The van der Waals surface area contributed by atoms with E-state index in [4.69, 9.17) is 0 Å². The van der Waals surface area contributed by atoms with Gasteiger partial charge < -0.3 is 10.2 Å². The molecule has 0 aromatic heterocycles. The number of benzene rings is 2. The van der Waals surface area contributed by atoms with Crippen LogP contribution >= 0.6 is 0 Å². The van der Waals surface area contributed by atoms with Gasteiger partial charge in [-0.25, -0.2) is 0 Å². The van der Waals surface area contributed by atoms with Gasteiger partial charge in [0.1, 0.15) is 6.04 Å². The number of hydrogen-bond donors (Lipinski definition) is 1. The molecule has 150 valence electrons. The summed E-state index contributed by atoms with van der Waals surface area (Å²) in [5.74, 6) is -0.113. The summed E-state index contributed by atoms with van der Waals surface area (Å²) in [6.45, 7) is 1.12. The summed E-state index contributed by atoms with van der Waals surface area (Å²) in [6.07, 6.45) is 8.55. The lowest BCUT2D eigenvalue weighted by molar-refractivity contribution is -0.125. The van der Waals surface area contributed by atoms with Gasteiger partial charge in [-0.15, -0.1) is 0 Å². The van der Waals surface area contributed by atoms with E-state index in [-0.39, 0.29) is 11.8 Å². The molecule has 2 aromatic carbocycles. The van der Waals surface area contributed by atoms with Gasteiger partial charge in [0.2, 0.25) is 5.91 Å². The van der Waals surface area contributed by atoms with Crippen LogP contribution in [0.15, 0.2) is 66.2 Å². The highest BCUT2D eigenvalue weighted by molar-refractivity contribution is 6.01. The minimum absolute atomic E-state index is 0.0494. The van der Waals surface area contributed by atoms with Crippen molar-refractivity contribution >= 4 is 11.8 Å². The molecule has 0 bridgehead atoms. The van der Waals surface area contributed by atoms with Crippen molar-refractivity contribution in [1.29, 1.82) is 0 Å². The van der Waals surface area contributed by atoms with Crippen molar-refractivity contribution in [2.45, 2.75) is 51.1 Å². The Morgan fingerprint density at radius 1 is 1.03 bits per heavy atom. The summed E-state index contributed by atoms with van der Waals surface area (Å²) < 4.78 is 0. The summed E-state index contributed by atoms with van der Waals surface area (Å²) in [7, 11) is 0. The third-order valence-corrected chi connectivity index (χ3v) is 5.93. The molecule has 2 amide bonds. The molecule has 2 aromatic rings. The monoisotopic (exact) mass is 388 g/mol. The summed E-state index contributed by atoms with van der Waals surface area (Å²) in [6, 6.07) is 17.1. The van der Waals surface area contributed by atoms with Gasteiger partial charge in [-0.05, 0) is 49.3 Å². The van der Waals surface area contributed by atoms with Crippen molar-refractivity contribution in [2.24, 2.45) is 0 Å². The number of hydrogen-bond acceptors (Lipinski definition) is 2. The van der Waals surface area contributed by atoms with Gasteiger partial charge in [-0.1, -0.05) is 60.2 Å². The van der Waals surface area contributed by atoms with Crippen LogP contribution in [0.2, 0.25) is 0 Å². The van der Waals surface area contributed by atoms with Crippen LogP contribution in [0.25, 0.3) is 0 Å². The first-order valence-electron chi connectivity index (χ1n) is 10.6.